The molecule has 0 unspecified atom stereocenters. The van der Waals surface area contributed by atoms with E-state index in [9.17, 15) is 4.79 Å². The molecule has 1 N–H and O–H groups in total. The third-order valence-electron chi connectivity index (χ3n) is 1.97. The molecular formula is C11H9NO5. The summed E-state index contributed by atoms with van der Waals surface area (Å²) in [6.07, 6.45) is 0.897. The lowest BCUT2D eigenvalue weighted by atomic mass is 10.3. The van der Waals surface area contributed by atoms with E-state index in [0.717, 1.165) is 6.26 Å². The number of oxazole rings is 1. The standard InChI is InChI=1S/C11H9NO5/c1-15-7-2-4-8(5-3-7)17-11-12-9(6-16-11)10(13)14/h2-6H,1H3,(H,13,14). The smallest absolute Gasteiger partial charge is 0.399 e. The van der Waals surface area contributed by atoms with Gasteiger partial charge in [0.25, 0.3) is 0 Å². The van der Waals surface area contributed by atoms with Crippen molar-refractivity contribution in [3.8, 4) is 17.6 Å². The molecule has 0 atom stereocenters. The molecule has 0 fully saturated rings. The molecule has 1 aromatic carbocycles. The SMILES string of the molecule is COc1ccc(Oc2nc(C(=O)O)co2)cc1. The van der Waals surface area contributed by atoms with Crippen LogP contribution in [0.5, 0.6) is 17.6 Å². The van der Waals surface area contributed by atoms with Gasteiger partial charge in [-0.2, -0.15) is 4.98 Å². The molecule has 0 aliphatic carbocycles. The molecule has 0 saturated carbocycles. The number of hydrogen-bond donors (Lipinski definition) is 1. The van der Waals surface area contributed by atoms with E-state index in [4.69, 9.17) is 19.0 Å². The molecule has 0 aliphatic heterocycles. The van der Waals surface area contributed by atoms with Crippen molar-refractivity contribution in [3.63, 3.8) is 0 Å². The van der Waals surface area contributed by atoms with Crippen molar-refractivity contribution in [1.82, 2.24) is 4.98 Å². The number of hydrogen-bond acceptors (Lipinski definition) is 5. The van der Waals surface area contributed by atoms with E-state index in [0.29, 0.717) is 11.5 Å². The Hall–Kier alpha value is -2.50. The summed E-state index contributed by atoms with van der Waals surface area (Å²) < 4.78 is 15.0. The Morgan fingerprint density at radius 1 is 1.29 bits per heavy atom. The zero-order valence-electron chi connectivity index (χ0n) is 8.91. The van der Waals surface area contributed by atoms with Gasteiger partial charge in [0.15, 0.2) is 5.69 Å². The van der Waals surface area contributed by atoms with Gasteiger partial charge in [-0.3, -0.25) is 0 Å². The maximum Gasteiger partial charge on any atom is 0.399 e. The first-order chi connectivity index (χ1) is 8.19. The number of ether oxygens (including phenoxy) is 2. The molecule has 2 rings (SSSR count). The first-order valence-corrected chi connectivity index (χ1v) is 4.70. The topological polar surface area (TPSA) is 81.8 Å². The van der Waals surface area contributed by atoms with Crippen molar-refractivity contribution in [3.05, 3.63) is 36.2 Å². The number of nitrogens with zero attached hydrogens (tertiary/aromatic N) is 1. The molecule has 0 amide bonds. The molecule has 6 heteroatoms. The van der Waals surface area contributed by atoms with Gasteiger partial charge in [0, 0.05) is 0 Å². The van der Waals surface area contributed by atoms with E-state index in [-0.39, 0.29) is 11.8 Å². The predicted molar refractivity (Wildman–Crippen MR) is 56.5 cm³/mol. The fourth-order valence-corrected chi connectivity index (χ4v) is 1.15. The highest BCUT2D eigenvalue weighted by atomic mass is 16.6. The summed E-state index contributed by atoms with van der Waals surface area (Å²) in [5.41, 5.74) is -0.200. The van der Waals surface area contributed by atoms with Gasteiger partial charge in [0.05, 0.1) is 7.11 Å². The maximum atomic E-state index is 10.6. The van der Waals surface area contributed by atoms with Crippen LogP contribution in [0, 0.1) is 0 Å². The number of aromatic carboxylic acids is 1. The first-order valence-electron chi connectivity index (χ1n) is 4.70. The Kier molecular flexibility index (Phi) is 2.95. The molecule has 0 bridgehead atoms. The van der Waals surface area contributed by atoms with Crippen LogP contribution in [0.15, 0.2) is 34.9 Å². The molecule has 0 spiro atoms. The second-order valence-electron chi connectivity index (χ2n) is 3.08. The molecule has 88 valence electrons. The maximum absolute atomic E-state index is 10.6. The quantitative estimate of drug-likeness (QED) is 0.874. The van der Waals surface area contributed by atoms with Gasteiger partial charge < -0.3 is 19.0 Å². The predicted octanol–water partition coefficient (Wildman–Crippen LogP) is 2.17. The van der Waals surface area contributed by atoms with E-state index in [1.54, 1.807) is 31.4 Å². The number of rotatable bonds is 4. The van der Waals surface area contributed by atoms with Gasteiger partial charge in [0.2, 0.25) is 0 Å². The monoisotopic (exact) mass is 235 g/mol. The van der Waals surface area contributed by atoms with Crippen LogP contribution in [-0.2, 0) is 0 Å². The lowest BCUT2D eigenvalue weighted by Gasteiger charge is -2.01. The number of benzene rings is 1. The van der Waals surface area contributed by atoms with Crippen LogP contribution in [0.1, 0.15) is 10.5 Å². The number of aromatic nitrogens is 1. The Morgan fingerprint density at radius 2 is 1.94 bits per heavy atom. The highest BCUT2D eigenvalue weighted by Gasteiger charge is 2.11. The van der Waals surface area contributed by atoms with E-state index < -0.39 is 5.97 Å². The van der Waals surface area contributed by atoms with Crippen molar-refractivity contribution in [2.75, 3.05) is 7.11 Å². The summed E-state index contributed by atoms with van der Waals surface area (Å²) in [5, 5.41) is 8.64. The second-order valence-corrected chi connectivity index (χ2v) is 3.08. The van der Waals surface area contributed by atoms with E-state index in [1.165, 1.54) is 0 Å². The molecule has 17 heavy (non-hydrogen) atoms. The number of carboxylic acid groups (broad SMARTS) is 1. The lowest BCUT2D eigenvalue weighted by Crippen LogP contribution is -1.95. The van der Waals surface area contributed by atoms with Gasteiger partial charge in [-0.25, -0.2) is 4.79 Å². The van der Waals surface area contributed by atoms with E-state index >= 15 is 0 Å². The van der Waals surface area contributed by atoms with Crippen LogP contribution in [0.2, 0.25) is 0 Å². The van der Waals surface area contributed by atoms with Crippen molar-refractivity contribution in [2.24, 2.45) is 0 Å². The Bertz CT molecular complexity index is 517. The average molecular weight is 235 g/mol. The zero-order chi connectivity index (χ0) is 12.3. The number of carbonyl (C=O) groups is 1. The molecule has 0 saturated heterocycles. The molecule has 2 aromatic rings. The fraction of sp³-hybridized carbons (Fsp3) is 0.0909. The van der Waals surface area contributed by atoms with Crippen LogP contribution >= 0.6 is 0 Å². The van der Waals surface area contributed by atoms with Crippen LogP contribution in [0.3, 0.4) is 0 Å². The molecule has 6 nitrogen and oxygen atoms in total. The molecule has 0 radical (unpaired) electrons. The minimum Gasteiger partial charge on any atom is -0.497 e. The van der Waals surface area contributed by atoms with Crippen LogP contribution in [0.25, 0.3) is 0 Å². The molecule has 1 aromatic heterocycles. The third kappa shape index (κ3) is 2.54. The molecule has 1 heterocycles. The van der Waals surface area contributed by atoms with Crippen molar-refractivity contribution in [1.29, 1.82) is 0 Å². The first kappa shape index (κ1) is 11.0. The zero-order valence-corrected chi connectivity index (χ0v) is 8.91. The normalized spacial score (nSPS) is 9.94. The molecular weight excluding hydrogens is 226 g/mol. The summed E-state index contributed by atoms with van der Waals surface area (Å²) in [5.74, 6) is -0.00102. The largest absolute Gasteiger partial charge is 0.497 e. The van der Waals surface area contributed by atoms with Crippen LogP contribution < -0.4 is 9.47 Å². The highest BCUT2D eigenvalue weighted by molar-refractivity contribution is 5.84. The minimum absolute atomic E-state index is 0.118. The Balaban J connectivity index is 2.11. The van der Waals surface area contributed by atoms with Crippen molar-refractivity contribution in [2.45, 2.75) is 0 Å². The summed E-state index contributed by atoms with van der Waals surface area (Å²) in [6, 6.07) is 6.72. The summed E-state index contributed by atoms with van der Waals surface area (Å²) in [6.45, 7) is 0. The second kappa shape index (κ2) is 4.56. The third-order valence-corrected chi connectivity index (χ3v) is 1.97. The number of methoxy groups -OCH3 is 1. The minimum atomic E-state index is -1.17. The lowest BCUT2D eigenvalue weighted by molar-refractivity contribution is 0.0690. The fourth-order valence-electron chi connectivity index (χ4n) is 1.15. The van der Waals surface area contributed by atoms with Gasteiger partial charge in [0.1, 0.15) is 17.8 Å². The highest BCUT2D eigenvalue weighted by Crippen LogP contribution is 2.23. The van der Waals surface area contributed by atoms with Crippen molar-refractivity contribution >= 4 is 5.97 Å². The van der Waals surface area contributed by atoms with E-state index in [1.807, 2.05) is 0 Å². The Labute approximate surface area is 96.4 Å². The number of carboxylic acids is 1. The van der Waals surface area contributed by atoms with Gasteiger partial charge in [-0.1, -0.05) is 0 Å². The van der Waals surface area contributed by atoms with Gasteiger partial charge in [-0.15, -0.1) is 0 Å². The summed E-state index contributed by atoms with van der Waals surface area (Å²) >= 11 is 0. The Morgan fingerprint density at radius 3 is 2.47 bits per heavy atom. The summed E-state index contributed by atoms with van der Waals surface area (Å²) in [4.78, 5) is 14.2. The van der Waals surface area contributed by atoms with Gasteiger partial charge in [-0.05, 0) is 24.3 Å². The van der Waals surface area contributed by atoms with E-state index in [2.05, 4.69) is 4.98 Å². The van der Waals surface area contributed by atoms with Crippen LogP contribution in [-0.4, -0.2) is 23.2 Å². The average Bonchev–Trinajstić information content (AvgIpc) is 2.79. The summed E-state index contributed by atoms with van der Waals surface area (Å²) in [7, 11) is 1.56. The molecule has 0 aliphatic rings. The van der Waals surface area contributed by atoms with Gasteiger partial charge >= 0.3 is 12.0 Å². The van der Waals surface area contributed by atoms with Crippen LogP contribution in [0.4, 0.5) is 0 Å². The van der Waals surface area contributed by atoms with Crippen molar-refractivity contribution < 1.29 is 23.8 Å².